The molecular weight excluding hydrogens is 479 g/mol. The van der Waals surface area contributed by atoms with E-state index in [1.807, 2.05) is 97.1 Å². The number of pyridine rings is 2. The zero-order valence-corrected chi connectivity index (χ0v) is 19.3. The second-order valence-corrected chi connectivity index (χ2v) is 7.50. The first-order valence-electron chi connectivity index (χ1n) is 11.2. The molecule has 0 bridgehead atoms. The monoisotopic (exact) mass is 506 g/mol. The third kappa shape index (κ3) is 7.97. The maximum absolute atomic E-state index is 9.31. The van der Waals surface area contributed by atoms with Crippen LogP contribution >= 0.6 is 0 Å². The molecule has 2 aromatic heterocycles. The van der Waals surface area contributed by atoms with Crippen molar-refractivity contribution >= 4 is 39.2 Å². The summed E-state index contributed by atoms with van der Waals surface area (Å²) in [7, 11) is 0. The number of nitrogens with zero attached hydrogens (tertiary/aromatic N) is 2. The fourth-order valence-electron chi connectivity index (χ4n) is 3.22. The fraction of sp³-hybridized carbons (Fsp3) is 0. The van der Waals surface area contributed by atoms with Crippen LogP contribution in [0, 0.1) is 0 Å². The Morgan fingerprint density at radius 1 is 0.432 bits per heavy atom. The minimum atomic E-state index is 0. The molecule has 0 saturated heterocycles. The quantitative estimate of drug-likeness (QED) is 0.180. The zero-order chi connectivity index (χ0) is 25.0. The number of aromatic hydroxyl groups is 2. The lowest BCUT2D eigenvalue weighted by Gasteiger charge is -2.04. The Hall–Kier alpha value is -4.57. The molecule has 184 valence electrons. The number of hydrogen-bond acceptors (Lipinski definition) is 6. The second-order valence-electron chi connectivity index (χ2n) is 7.50. The molecule has 0 radical (unpaired) electrons. The summed E-state index contributed by atoms with van der Waals surface area (Å²) in [5.41, 5.74) is 1.32. The highest BCUT2D eigenvalue weighted by Crippen LogP contribution is 2.21. The van der Waals surface area contributed by atoms with Crippen molar-refractivity contribution in [3.05, 3.63) is 134 Å². The summed E-state index contributed by atoms with van der Waals surface area (Å²) in [6.45, 7) is 0. The van der Waals surface area contributed by atoms with Gasteiger partial charge in [0.1, 0.15) is 22.5 Å². The van der Waals surface area contributed by atoms with Gasteiger partial charge in [-0.1, -0.05) is 72.8 Å². The van der Waals surface area contributed by atoms with Gasteiger partial charge in [0.05, 0.1) is 0 Å². The molecule has 0 aliphatic rings. The van der Waals surface area contributed by atoms with Crippen LogP contribution in [0.5, 0.6) is 23.0 Å². The van der Waals surface area contributed by atoms with E-state index in [1.54, 1.807) is 36.7 Å². The van der Waals surface area contributed by atoms with Crippen molar-refractivity contribution in [3.8, 4) is 23.0 Å². The molecule has 0 amide bonds. The van der Waals surface area contributed by atoms with Crippen molar-refractivity contribution in [2.75, 3.05) is 0 Å². The molecule has 2 heterocycles. The SMILES string of the molecule is Oc1cccc2cccnc12.Oc1cccc2cccnc12.[AlH3].c1ccc(OOc2ccccc2)cc1. The largest absolute Gasteiger partial charge is 0.506 e. The maximum Gasteiger partial charge on any atom is 0.187 e. The van der Waals surface area contributed by atoms with E-state index in [-0.39, 0.29) is 28.9 Å². The van der Waals surface area contributed by atoms with Crippen LogP contribution in [0.1, 0.15) is 0 Å². The third-order valence-corrected chi connectivity index (χ3v) is 4.94. The van der Waals surface area contributed by atoms with Crippen LogP contribution < -0.4 is 9.78 Å². The Labute approximate surface area is 225 Å². The van der Waals surface area contributed by atoms with Gasteiger partial charge in [0.2, 0.25) is 0 Å². The standard InChI is InChI=1S/C12H10O2.2C9H7NO.Al.3H/c1-3-7-11(8-4-1)13-14-12-9-5-2-6-10-12;2*11-8-5-1-3-7-4-2-6-10-9(7)8;;;;/h1-10H;2*1-6,11H;;;;. The van der Waals surface area contributed by atoms with Crippen LogP contribution in [0.2, 0.25) is 0 Å². The molecule has 0 spiro atoms. The van der Waals surface area contributed by atoms with Gasteiger partial charge in [-0.3, -0.25) is 19.7 Å². The molecular formula is C30H27AlN2O4. The number of hydrogen-bond donors (Lipinski definition) is 2. The molecule has 0 unspecified atom stereocenters. The number of phenolic OH excluding ortho intramolecular Hbond substituents is 2. The zero-order valence-electron chi connectivity index (χ0n) is 19.3. The minimum absolute atomic E-state index is 0. The molecule has 0 atom stereocenters. The highest BCUT2D eigenvalue weighted by Gasteiger charge is 1.97. The molecule has 0 aliphatic heterocycles. The lowest BCUT2D eigenvalue weighted by Crippen LogP contribution is -1.99. The van der Waals surface area contributed by atoms with Crippen LogP contribution in [-0.2, 0) is 0 Å². The minimum Gasteiger partial charge on any atom is -0.506 e. The average molecular weight is 507 g/mol. The molecule has 0 saturated carbocycles. The van der Waals surface area contributed by atoms with E-state index < -0.39 is 0 Å². The molecule has 37 heavy (non-hydrogen) atoms. The molecule has 6 nitrogen and oxygen atoms in total. The molecule has 7 heteroatoms. The Balaban J connectivity index is 0.000000154. The first-order valence-corrected chi connectivity index (χ1v) is 11.2. The van der Waals surface area contributed by atoms with Gasteiger partial charge in [0, 0.05) is 23.2 Å². The van der Waals surface area contributed by atoms with Gasteiger partial charge in [-0.15, -0.1) is 0 Å². The number of aromatic nitrogens is 2. The van der Waals surface area contributed by atoms with Gasteiger partial charge in [0.15, 0.2) is 28.9 Å². The van der Waals surface area contributed by atoms with Gasteiger partial charge in [-0.05, 0) is 48.5 Å². The summed E-state index contributed by atoms with van der Waals surface area (Å²) in [5.74, 6) is 1.86. The number of fused-ring (bicyclic) bond motifs is 2. The fourth-order valence-corrected chi connectivity index (χ4v) is 3.22. The predicted molar refractivity (Wildman–Crippen MR) is 151 cm³/mol. The van der Waals surface area contributed by atoms with Gasteiger partial charge in [-0.25, -0.2) is 0 Å². The highest BCUT2D eigenvalue weighted by molar-refractivity contribution is 5.84. The van der Waals surface area contributed by atoms with E-state index in [0.717, 1.165) is 10.8 Å². The lowest BCUT2D eigenvalue weighted by atomic mass is 10.2. The van der Waals surface area contributed by atoms with Crippen LogP contribution in [-0.4, -0.2) is 37.5 Å². The first kappa shape index (κ1) is 27.0. The Bertz CT molecular complexity index is 1390. The van der Waals surface area contributed by atoms with Crippen molar-refractivity contribution in [2.24, 2.45) is 0 Å². The number of rotatable bonds is 3. The van der Waals surface area contributed by atoms with Gasteiger partial charge < -0.3 is 10.2 Å². The molecule has 6 aromatic rings. The van der Waals surface area contributed by atoms with Gasteiger partial charge in [0.25, 0.3) is 0 Å². The average Bonchev–Trinajstić information content (AvgIpc) is 2.94. The predicted octanol–water partition coefficient (Wildman–Crippen LogP) is 5.76. The molecule has 0 fully saturated rings. The summed E-state index contributed by atoms with van der Waals surface area (Å²) >= 11 is 0. The lowest BCUT2D eigenvalue weighted by molar-refractivity contribution is -0.0999. The van der Waals surface area contributed by atoms with E-state index in [9.17, 15) is 10.2 Å². The molecule has 6 rings (SSSR count). The van der Waals surface area contributed by atoms with E-state index in [4.69, 9.17) is 9.78 Å². The van der Waals surface area contributed by atoms with Crippen LogP contribution in [0.15, 0.2) is 134 Å². The summed E-state index contributed by atoms with van der Waals surface area (Å²) in [6.07, 6.45) is 3.34. The summed E-state index contributed by atoms with van der Waals surface area (Å²) < 4.78 is 0. The van der Waals surface area contributed by atoms with Gasteiger partial charge >= 0.3 is 0 Å². The van der Waals surface area contributed by atoms with E-state index in [2.05, 4.69) is 9.97 Å². The van der Waals surface area contributed by atoms with Crippen LogP contribution in [0.25, 0.3) is 21.8 Å². The number of benzene rings is 4. The van der Waals surface area contributed by atoms with Crippen LogP contribution in [0.3, 0.4) is 0 Å². The van der Waals surface area contributed by atoms with E-state index >= 15 is 0 Å². The first-order chi connectivity index (χ1) is 17.7. The molecule has 0 aliphatic carbocycles. The van der Waals surface area contributed by atoms with Crippen LogP contribution in [0.4, 0.5) is 0 Å². The Morgan fingerprint density at radius 3 is 1.19 bits per heavy atom. The Kier molecular flexibility index (Phi) is 10.3. The van der Waals surface area contributed by atoms with Crippen molar-refractivity contribution in [3.63, 3.8) is 0 Å². The Morgan fingerprint density at radius 2 is 0.811 bits per heavy atom. The normalized spacial score (nSPS) is 9.62. The van der Waals surface area contributed by atoms with E-state index in [0.29, 0.717) is 22.5 Å². The topological polar surface area (TPSA) is 84.7 Å². The van der Waals surface area contributed by atoms with Gasteiger partial charge in [-0.2, -0.15) is 0 Å². The maximum atomic E-state index is 9.31. The molecule has 2 N–H and O–H groups in total. The number of phenols is 2. The van der Waals surface area contributed by atoms with Crippen molar-refractivity contribution in [2.45, 2.75) is 0 Å². The summed E-state index contributed by atoms with van der Waals surface area (Å²) in [5, 5.41) is 20.5. The smallest absolute Gasteiger partial charge is 0.187 e. The molecule has 4 aromatic carbocycles. The number of para-hydroxylation sites is 4. The second kappa shape index (κ2) is 14.1. The summed E-state index contributed by atoms with van der Waals surface area (Å²) in [4.78, 5) is 18.2. The highest BCUT2D eigenvalue weighted by atomic mass is 27.0. The van der Waals surface area contributed by atoms with Crippen molar-refractivity contribution in [1.29, 1.82) is 0 Å². The summed E-state index contributed by atoms with van der Waals surface area (Å²) in [6, 6.07) is 37.0. The third-order valence-electron chi connectivity index (χ3n) is 4.94. The van der Waals surface area contributed by atoms with Crippen molar-refractivity contribution < 1.29 is 20.0 Å². The van der Waals surface area contributed by atoms with E-state index in [1.165, 1.54) is 0 Å². The van der Waals surface area contributed by atoms with Crippen molar-refractivity contribution in [1.82, 2.24) is 9.97 Å².